The van der Waals surface area contributed by atoms with Crippen molar-refractivity contribution in [2.45, 2.75) is 0 Å². The Morgan fingerprint density at radius 3 is 1.96 bits per heavy atom. The largest absolute Gasteiger partial charge is 0.322 e. The lowest BCUT2D eigenvalue weighted by Crippen LogP contribution is -2.16. The molecule has 0 aliphatic heterocycles. The third kappa shape index (κ3) is 4.10. The first-order chi connectivity index (χ1) is 12.5. The summed E-state index contributed by atoms with van der Waals surface area (Å²) < 4.78 is 26.6. The van der Waals surface area contributed by atoms with Crippen LogP contribution in [-0.4, -0.2) is 11.8 Å². The fraction of sp³-hybridized carbons (Fsp3) is 0. The minimum absolute atomic E-state index is 0.0543. The van der Waals surface area contributed by atoms with Gasteiger partial charge in [0.05, 0.1) is 5.69 Å². The summed E-state index contributed by atoms with van der Waals surface area (Å²) in [7, 11) is 0. The van der Waals surface area contributed by atoms with Crippen LogP contribution in [0.15, 0.2) is 72.8 Å². The fourth-order valence-corrected chi connectivity index (χ4v) is 2.30. The molecule has 26 heavy (non-hydrogen) atoms. The molecule has 3 rings (SSSR count). The summed E-state index contributed by atoms with van der Waals surface area (Å²) in [5.74, 6) is -1.94. The summed E-state index contributed by atoms with van der Waals surface area (Å²) >= 11 is 0. The number of benzene rings is 3. The van der Waals surface area contributed by atoms with Gasteiger partial charge in [0.15, 0.2) is 0 Å². The second kappa shape index (κ2) is 7.57. The minimum Gasteiger partial charge on any atom is -0.322 e. The first-order valence-electron chi connectivity index (χ1n) is 7.76. The number of hydrogen-bond donors (Lipinski definition) is 2. The highest BCUT2D eigenvalue weighted by atomic mass is 19.1. The molecule has 3 aromatic carbocycles. The van der Waals surface area contributed by atoms with E-state index in [9.17, 15) is 18.4 Å². The van der Waals surface area contributed by atoms with Gasteiger partial charge in [-0.15, -0.1) is 0 Å². The standard InChI is InChI=1S/C20H14F2N2O2/c21-15-8-10-16(11-9-15)23-19(25)13-4-3-5-14(12-13)20(26)24-18-7-2-1-6-17(18)22/h1-12H,(H,23,25)(H,24,26). The van der Waals surface area contributed by atoms with E-state index in [1.54, 1.807) is 18.2 Å². The summed E-state index contributed by atoms with van der Waals surface area (Å²) in [6, 6.07) is 17.1. The van der Waals surface area contributed by atoms with Crippen molar-refractivity contribution in [1.29, 1.82) is 0 Å². The lowest BCUT2D eigenvalue weighted by molar-refractivity contribution is 0.102. The van der Waals surface area contributed by atoms with E-state index >= 15 is 0 Å². The maximum absolute atomic E-state index is 13.6. The van der Waals surface area contributed by atoms with E-state index in [0.29, 0.717) is 5.69 Å². The Morgan fingerprint density at radius 2 is 1.31 bits per heavy atom. The van der Waals surface area contributed by atoms with Gasteiger partial charge in [0.2, 0.25) is 0 Å². The third-order valence-corrected chi connectivity index (χ3v) is 3.61. The molecule has 0 aliphatic rings. The van der Waals surface area contributed by atoms with Crippen LogP contribution in [0.2, 0.25) is 0 Å². The van der Waals surface area contributed by atoms with Crippen molar-refractivity contribution < 1.29 is 18.4 Å². The third-order valence-electron chi connectivity index (χ3n) is 3.61. The normalized spacial score (nSPS) is 10.2. The molecule has 0 bridgehead atoms. The molecule has 0 unspecified atom stereocenters. The Labute approximate surface area is 148 Å². The van der Waals surface area contributed by atoms with Crippen LogP contribution in [0.5, 0.6) is 0 Å². The SMILES string of the molecule is O=C(Nc1ccc(F)cc1)c1cccc(C(=O)Nc2ccccc2F)c1. The van der Waals surface area contributed by atoms with Gasteiger partial charge in [0.1, 0.15) is 11.6 Å². The highest BCUT2D eigenvalue weighted by Crippen LogP contribution is 2.16. The molecule has 0 heterocycles. The van der Waals surface area contributed by atoms with Gasteiger partial charge in [-0.2, -0.15) is 0 Å². The molecule has 0 saturated heterocycles. The van der Waals surface area contributed by atoms with Gasteiger partial charge in [-0.05, 0) is 54.6 Å². The molecule has 3 aromatic rings. The van der Waals surface area contributed by atoms with Crippen molar-refractivity contribution in [1.82, 2.24) is 0 Å². The molecule has 0 fully saturated rings. The van der Waals surface area contributed by atoms with Gasteiger partial charge < -0.3 is 10.6 Å². The summed E-state index contributed by atoms with van der Waals surface area (Å²) in [6.45, 7) is 0. The van der Waals surface area contributed by atoms with Gasteiger partial charge in [-0.1, -0.05) is 18.2 Å². The number of anilines is 2. The molecule has 4 nitrogen and oxygen atoms in total. The second-order valence-electron chi connectivity index (χ2n) is 5.48. The maximum Gasteiger partial charge on any atom is 0.255 e. The molecule has 6 heteroatoms. The zero-order chi connectivity index (χ0) is 18.5. The molecule has 0 radical (unpaired) electrons. The van der Waals surface area contributed by atoms with Crippen LogP contribution in [0.4, 0.5) is 20.2 Å². The minimum atomic E-state index is -0.550. The van der Waals surface area contributed by atoms with Gasteiger partial charge in [0, 0.05) is 16.8 Å². The topological polar surface area (TPSA) is 58.2 Å². The number of amides is 2. The molecule has 0 spiro atoms. The number of carbonyl (C=O) groups excluding carboxylic acids is 2. The van der Waals surface area contributed by atoms with Gasteiger partial charge in [0.25, 0.3) is 11.8 Å². The second-order valence-corrected chi connectivity index (χ2v) is 5.48. The van der Waals surface area contributed by atoms with Crippen LogP contribution >= 0.6 is 0 Å². The van der Waals surface area contributed by atoms with E-state index in [4.69, 9.17) is 0 Å². The smallest absolute Gasteiger partial charge is 0.255 e. The zero-order valence-electron chi connectivity index (χ0n) is 13.5. The van der Waals surface area contributed by atoms with Crippen molar-refractivity contribution >= 4 is 23.2 Å². The van der Waals surface area contributed by atoms with Crippen LogP contribution in [0.1, 0.15) is 20.7 Å². The molecular weight excluding hydrogens is 338 g/mol. The number of hydrogen-bond acceptors (Lipinski definition) is 2. The fourth-order valence-electron chi connectivity index (χ4n) is 2.30. The lowest BCUT2D eigenvalue weighted by atomic mass is 10.1. The molecule has 0 atom stereocenters. The average Bonchev–Trinajstić information content (AvgIpc) is 2.65. The first-order valence-corrected chi connectivity index (χ1v) is 7.76. The molecular formula is C20H14F2N2O2. The van der Waals surface area contributed by atoms with Crippen molar-refractivity contribution in [2.24, 2.45) is 0 Å². The number of para-hydroxylation sites is 1. The molecule has 0 saturated carbocycles. The summed E-state index contributed by atoms with van der Waals surface area (Å²) in [6.07, 6.45) is 0. The van der Waals surface area contributed by atoms with E-state index < -0.39 is 23.4 Å². The quantitative estimate of drug-likeness (QED) is 0.728. The Hall–Kier alpha value is -3.54. The van der Waals surface area contributed by atoms with Crippen LogP contribution < -0.4 is 10.6 Å². The average molecular weight is 352 g/mol. The van der Waals surface area contributed by atoms with Crippen LogP contribution in [0.3, 0.4) is 0 Å². The number of rotatable bonds is 4. The molecule has 0 aliphatic carbocycles. The van der Waals surface area contributed by atoms with Crippen LogP contribution in [-0.2, 0) is 0 Å². The van der Waals surface area contributed by atoms with Crippen molar-refractivity contribution in [3.05, 3.63) is 95.6 Å². The molecule has 0 aromatic heterocycles. The summed E-state index contributed by atoms with van der Waals surface area (Å²) in [4.78, 5) is 24.6. The molecule has 2 N–H and O–H groups in total. The van der Waals surface area contributed by atoms with Crippen LogP contribution in [0, 0.1) is 11.6 Å². The summed E-state index contributed by atoms with van der Waals surface area (Å²) in [5, 5.41) is 5.07. The van der Waals surface area contributed by atoms with Crippen molar-refractivity contribution in [2.75, 3.05) is 10.6 Å². The van der Waals surface area contributed by atoms with E-state index in [1.165, 1.54) is 54.6 Å². The predicted octanol–water partition coefficient (Wildman–Crippen LogP) is 4.47. The predicted molar refractivity (Wildman–Crippen MR) is 95.1 cm³/mol. The highest BCUT2D eigenvalue weighted by Gasteiger charge is 2.12. The van der Waals surface area contributed by atoms with E-state index in [-0.39, 0.29) is 16.8 Å². The summed E-state index contributed by atoms with van der Waals surface area (Å²) in [5.41, 5.74) is 0.937. The Bertz CT molecular complexity index is 956. The number of carbonyl (C=O) groups is 2. The van der Waals surface area contributed by atoms with E-state index in [1.807, 2.05) is 0 Å². The Kier molecular flexibility index (Phi) is 5.03. The number of halogens is 2. The maximum atomic E-state index is 13.6. The van der Waals surface area contributed by atoms with Gasteiger partial charge in [-0.3, -0.25) is 9.59 Å². The van der Waals surface area contributed by atoms with E-state index in [0.717, 1.165) is 0 Å². The Morgan fingerprint density at radius 1 is 0.692 bits per heavy atom. The highest BCUT2D eigenvalue weighted by molar-refractivity contribution is 6.08. The van der Waals surface area contributed by atoms with Crippen LogP contribution in [0.25, 0.3) is 0 Å². The van der Waals surface area contributed by atoms with Gasteiger partial charge in [-0.25, -0.2) is 8.78 Å². The zero-order valence-corrected chi connectivity index (χ0v) is 13.5. The monoisotopic (exact) mass is 352 g/mol. The Balaban J connectivity index is 1.75. The first kappa shape index (κ1) is 17.3. The molecule has 2 amide bonds. The lowest BCUT2D eigenvalue weighted by Gasteiger charge is -2.08. The van der Waals surface area contributed by atoms with Crippen molar-refractivity contribution in [3.63, 3.8) is 0 Å². The van der Waals surface area contributed by atoms with Gasteiger partial charge >= 0.3 is 0 Å². The molecule has 130 valence electrons. The van der Waals surface area contributed by atoms with Crippen molar-refractivity contribution in [3.8, 4) is 0 Å². The number of nitrogens with one attached hydrogen (secondary N) is 2. The van der Waals surface area contributed by atoms with E-state index in [2.05, 4.69) is 10.6 Å².